The van der Waals surface area contributed by atoms with Gasteiger partial charge in [0.1, 0.15) is 23.0 Å². The number of carbonyl (C=O) groups excluding carboxylic acids is 2. The van der Waals surface area contributed by atoms with Crippen LogP contribution in [-0.2, 0) is 4.79 Å². The molecule has 2 aromatic carbocycles. The highest BCUT2D eigenvalue weighted by atomic mass is 16.6. The molecule has 0 saturated carbocycles. The Labute approximate surface area is 190 Å². The van der Waals surface area contributed by atoms with Gasteiger partial charge in [-0.15, -0.1) is 0 Å². The third-order valence-corrected chi connectivity index (χ3v) is 4.52. The van der Waals surface area contributed by atoms with E-state index in [1.807, 2.05) is 0 Å². The van der Waals surface area contributed by atoms with Crippen molar-refractivity contribution in [2.75, 3.05) is 7.11 Å². The van der Waals surface area contributed by atoms with Crippen molar-refractivity contribution in [2.24, 2.45) is 0 Å². The largest absolute Gasteiger partial charge is 0.497 e. The average Bonchev–Trinajstić information content (AvgIpc) is 3.27. The lowest BCUT2D eigenvalue weighted by Crippen LogP contribution is -2.38. The van der Waals surface area contributed by atoms with E-state index in [2.05, 4.69) is 10.6 Å². The Morgan fingerprint density at radius 1 is 1.09 bits per heavy atom. The SMILES string of the molecule is COc1ccc(C(=O)N/C(=C\c2ccc(-c3cccc([N+](=O)[O-])c3)o2)C(=O)NC(C)C)cc1. The molecule has 0 saturated heterocycles. The number of rotatable bonds is 8. The van der Waals surface area contributed by atoms with Crippen LogP contribution in [-0.4, -0.2) is 29.9 Å². The first kappa shape index (κ1) is 23.3. The number of methoxy groups -OCH3 is 1. The molecule has 170 valence electrons. The van der Waals surface area contributed by atoms with Gasteiger partial charge in [-0.1, -0.05) is 12.1 Å². The highest BCUT2D eigenvalue weighted by molar-refractivity contribution is 6.05. The second-order valence-corrected chi connectivity index (χ2v) is 7.38. The number of nitrogens with zero attached hydrogens (tertiary/aromatic N) is 1. The van der Waals surface area contributed by atoms with Crippen LogP contribution in [0.5, 0.6) is 5.75 Å². The van der Waals surface area contributed by atoms with Crippen molar-refractivity contribution in [3.8, 4) is 17.1 Å². The third kappa shape index (κ3) is 6.07. The number of carbonyl (C=O) groups is 2. The fourth-order valence-electron chi connectivity index (χ4n) is 2.94. The van der Waals surface area contributed by atoms with Gasteiger partial charge in [0.25, 0.3) is 17.5 Å². The van der Waals surface area contributed by atoms with Gasteiger partial charge in [0.05, 0.1) is 12.0 Å². The summed E-state index contributed by atoms with van der Waals surface area (Å²) >= 11 is 0. The van der Waals surface area contributed by atoms with Crippen molar-refractivity contribution in [3.05, 3.63) is 87.8 Å². The molecule has 0 spiro atoms. The number of nitro benzene ring substituents is 1. The zero-order valence-corrected chi connectivity index (χ0v) is 18.3. The van der Waals surface area contributed by atoms with Crippen LogP contribution in [0.4, 0.5) is 5.69 Å². The number of non-ortho nitro benzene ring substituents is 1. The summed E-state index contributed by atoms with van der Waals surface area (Å²) in [6.07, 6.45) is 1.40. The minimum Gasteiger partial charge on any atom is -0.497 e. The molecular weight excluding hydrogens is 426 g/mol. The maximum atomic E-state index is 12.7. The van der Waals surface area contributed by atoms with Crippen LogP contribution >= 0.6 is 0 Å². The Hall–Kier alpha value is -4.40. The molecule has 33 heavy (non-hydrogen) atoms. The summed E-state index contributed by atoms with van der Waals surface area (Å²) in [5.74, 6) is 0.313. The second-order valence-electron chi connectivity index (χ2n) is 7.38. The monoisotopic (exact) mass is 449 g/mol. The van der Waals surface area contributed by atoms with E-state index in [1.54, 1.807) is 62.4 Å². The highest BCUT2D eigenvalue weighted by Gasteiger charge is 2.17. The van der Waals surface area contributed by atoms with Crippen LogP contribution in [0.3, 0.4) is 0 Å². The lowest BCUT2D eigenvalue weighted by Gasteiger charge is -2.13. The smallest absolute Gasteiger partial charge is 0.270 e. The van der Waals surface area contributed by atoms with E-state index in [0.29, 0.717) is 28.4 Å². The first-order valence-corrected chi connectivity index (χ1v) is 10.1. The number of nitrogens with one attached hydrogen (secondary N) is 2. The Balaban J connectivity index is 1.88. The van der Waals surface area contributed by atoms with Crippen molar-refractivity contribution in [2.45, 2.75) is 19.9 Å². The summed E-state index contributed by atoms with van der Waals surface area (Å²) in [7, 11) is 1.53. The van der Waals surface area contributed by atoms with E-state index in [0.717, 1.165) is 0 Å². The molecule has 9 heteroatoms. The van der Waals surface area contributed by atoms with Crippen molar-refractivity contribution in [1.29, 1.82) is 0 Å². The van der Waals surface area contributed by atoms with E-state index >= 15 is 0 Å². The topological polar surface area (TPSA) is 124 Å². The Morgan fingerprint density at radius 2 is 1.82 bits per heavy atom. The molecule has 3 aromatic rings. The zero-order chi connectivity index (χ0) is 24.0. The van der Waals surface area contributed by atoms with Crippen molar-refractivity contribution in [1.82, 2.24) is 10.6 Å². The fraction of sp³-hybridized carbons (Fsp3) is 0.167. The normalized spacial score (nSPS) is 11.2. The molecular formula is C24H23N3O6. The molecule has 0 fully saturated rings. The number of nitro groups is 1. The van der Waals surface area contributed by atoms with E-state index in [9.17, 15) is 19.7 Å². The number of amides is 2. The quantitative estimate of drug-likeness (QED) is 0.302. The van der Waals surface area contributed by atoms with E-state index in [1.165, 1.54) is 25.3 Å². The minimum absolute atomic E-state index is 0.00976. The molecule has 3 rings (SSSR count). The van der Waals surface area contributed by atoms with E-state index in [-0.39, 0.29) is 17.4 Å². The van der Waals surface area contributed by atoms with Crippen LogP contribution < -0.4 is 15.4 Å². The number of benzene rings is 2. The van der Waals surface area contributed by atoms with Gasteiger partial charge in [-0.25, -0.2) is 0 Å². The molecule has 0 aliphatic rings. The summed E-state index contributed by atoms with van der Waals surface area (Å²) in [6, 6.07) is 15.5. The molecule has 9 nitrogen and oxygen atoms in total. The maximum absolute atomic E-state index is 12.7. The molecule has 0 aliphatic heterocycles. The Morgan fingerprint density at radius 3 is 2.45 bits per heavy atom. The summed E-state index contributed by atoms with van der Waals surface area (Å²) in [6.45, 7) is 3.60. The molecule has 1 aromatic heterocycles. The average molecular weight is 449 g/mol. The van der Waals surface area contributed by atoms with Crippen LogP contribution in [0, 0.1) is 10.1 Å². The lowest BCUT2D eigenvalue weighted by molar-refractivity contribution is -0.384. The van der Waals surface area contributed by atoms with Crippen LogP contribution in [0.15, 0.2) is 70.8 Å². The van der Waals surface area contributed by atoms with Crippen LogP contribution in [0.2, 0.25) is 0 Å². The van der Waals surface area contributed by atoms with Crippen molar-refractivity contribution < 1.29 is 23.7 Å². The van der Waals surface area contributed by atoms with Gasteiger partial charge in [0.15, 0.2) is 0 Å². The molecule has 0 aliphatic carbocycles. The van der Waals surface area contributed by atoms with Gasteiger partial charge in [0, 0.05) is 35.4 Å². The molecule has 0 radical (unpaired) electrons. The lowest BCUT2D eigenvalue weighted by atomic mass is 10.1. The second kappa shape index (κ2) is 10.3. The minimum atomic E-state index is -0.490. The number of furan rings is 1. The molecule has 0 bridgehead atoms. The van der Waals surface area contributed by atoms with Crippen molar-refractivity contribution >= 4 is 23.6 Å². The predicted octanol–water partition coefficient (Wildman–Crippen LogP) is 4.16. The maximum Gasteiger partial charge on any atom is 0.270 e. The Kier molecular flexibility index (Phi) is 7.24. The van der Waals surface area contributed by atoms with E-state index in [4.69, 9.17) is 9.15 Å². The van der Waals surface area contributed by atoms with E-state index < -0.39 is 16.7 Å². The summed E-state index contributed by atoms with van der Waals surface area (Å²) in [5, 5.41) is 16.4. The molecule has 2 amide bonds. The van der Waals surface area contributed by atoms with Crippen LogP contribution in [0.1, 0.15) is 30.0 Å². The standard InChI is InChI=1S/C24H23N3O6/c1-15(2)25-24(29)21(26-23(28)16-7-9-19(32-3)10-8-16)14-20-11-12-22(33-20)17-5-4-6-18(13-17)27(30)31/h4-15H,1-3H3,(H,25,29)(H,26,28)/b21-14-. The predicted molar refractivity (Wildman–Crippen MR) is 123 cm³/mol. The number of hydrogen-bond acceptors (Lipinski definition) is 6. The Bertz CT molecular complexity index is 1190. The summed E-state index contributed by atoms with van der Waals surface area (Å²) in [4.78, 5) is 35.9. The first-order chi connectivity index (χ1) is 15.8. The van der Waals surface area contributed by atoms with Gasteiger partial charge >= 0.3 is 0 Å². The van der Waals surface area contributed by atoms with Gasteiger partial charge in [-0.05, 0) is 50.2 Å². The van der Waals surface area contributed by atoms with Crippen LogP contribution in [0.25, 0.3) is 17.4 Å². The van der Waals surface area contributed by atoms with Gasteiger partial charge in [-0.3, -0.25) is 19.7 Å². The molecule has 2 N–H and O–H groups in total. The zero-order valence-electron chi connectivity index (χ0n) is 18.3. The van der Waals surface area contributed by atoms with Gasteiger partial charge in [0.2, 0.25) is 0 Å². The third-order valence-electron chi connectivity index (χ3n) is 4.52. The summed E-state index contributed by atoms with van der Waals surface area (Å²) < 4.78 is 10.9. The van der Waals surface area contributed by atoms with Gasteiger partial charge < -0.3 is 19.8 Å². The number of hydrogen-bond donors (Lipinski definition) is 2. The number of ether oxygens (including phenoxy) is 1. The highest BCUT2D eigenvalue weighted by Crippen LogP contribution is 2.26. The first-order valence-electron chi connectivity index (χ1n) is 10.1. The summed E-state index contributed by atoms with van der Waals surface area (Å²) in [5.41, 5.74) is 0.782. The fourth-order valence-corrected chi connectivity index (χ4v) is 2.94. The van der Waals surface area contributed by atoms with Crippen molar-refractivity contribution in [3.63, 3.8) is 0 Å². The van der Waals surface area contributed by atoms with Gasteiger partial charge in [-0.2, -0.15) is 0 Å². The molecule has 0 unspecified atom stereocenters. The molecule has 0 atom stereocenters. The molecule has 1 heterocycles.